The van der Waals surface area contributed by atoms with Crippen molar-refractivity contribution in [2.75, 3.05) is 0 Å². The molecule has 0 atom stereocenters. The first kappa shape index (κ1) is 16.4. The van der Waals surface area contributed by atoms with Crippen molar-refractivity contribution in [3.05, 3.63) is 62.2 Å². The largest absolute Gasteiger partial charge is 0.288 e. The number of rotatable bonds is 0. The Morgan fingerprint density at radius 1 is 0.833 bits per heavy atom. The number of Topliss-reactive ketones (excluding diaryl/α,β-unsaturated/α-hetero) is 1. The van der Waals surface area contributed by atoms with Crippen molar-refractivity contribution in [2.24, 2.45) is 0 Å². The number of aryl methyl sites for hydroxylation is 1. The molecule has 0 saturated carbocycles. The van der Waals surface area contributed by atoms with Crippen molar-refractivity contribution in [2.45, 2.75) is 47.8 Å². The fourth-order valence-electron chi connectivity index (χ4n) is 2.78. The first-order valence-electron chi connectivity index (χ1n) is 7.90. The number of fused-ring (bicyclic) bond motifs is 2. The normalized spacial score (nSPS) is 19.6. The third-order valence-electron chi connectivity index (χ3n) is 4.20. The predicted molar refractivity (Wildman–Crippen MR) is 105 cm³/mol. The van der Waals surface area contributed by atoms with Gasteiger partial charge in [0.2, 0.25) is 5.78 Å². The SMILES string of the molecule is Cc1ccc2c(c1)C(=O)C(=C1Sc3ccc(C(C)(C)C)cc3S1)S2. The lowest BCUT2D eigenvalue weighted by Gasteiger charge is -2.19. The Kier molecular flexibility index (Phi) is 3.90. The highest BCUT2D eigenvalue weighted by Gasteiger charge is 2.32. The van der Waals surface area contributed by atoms with E-state index < -0.39 is 0 Å². The van der Waals surface area contributed by atoms with Gasteiger partial charge in [-0.3, -0.25) is 4.79 Å². The lowest BCUT2D eigenvalue weighted by Crippen LogP contribution is -2.10. The van der Waals surface area contributed by atoms with Crippen LogP contribution in [0, 0.1) is 6.92 Å². The molecule has 0 bridgehead atoms. The lowest BCUT2D eigenvalue weighted by molar-refractivity contribution is 0.104. The third kappa shape index (κ3) is 2.75. The first-order valence-corrected chi connectivity index (χ1v) is 10.4. The molecule has 0 saturated heterocycles. The summed E-state index contributed by atoms with van der Waals surface area (Å²) < 4.78 is 1.12. The minimum absolute atomic E-state index is 0.141. The Morgan fingerprint density at radius 2 is 1.54 bits per heavy atom. The van der Waals surface area contributed by atoms with Crippen LogP contribution in [-0.2, 0) is 5.41 Å². The van der Waals surface area contributed by atoms with Crippen LogP contribution in [0.2, 0.25) is 0 Å². The van der Waals surface area contributed by atoms with Gasteiger partial charge >= 0.3 is 0 Å². The number of thioether (sulfide) groups is 3. The van der Waals surface area contributed by atoms with Crippen molar-refractivity contribution in [3.63, 3.8) is 0 Å². The molecule has 0 fully saturated rings. The van der Waals surface area contributed by atoms with Crippen molar-refractivity contribution >= 4 is 41.1 Å². The number of carbonyl (C=O) groups is 1. The summed E-state index contributed by atoms with van der Waals surface area (Å²) in [5, 5.41) is 0. The van der Waals surface area contributed by atoms with Gasteiger partial charge in [-0.25, -0.2) is 0 Å². The maximum atomic E-state index is 12.8. The van der Waals surface area contributed by atoms with E-state index in [1.807, 2.05) is 13.0 Å². The highest BCUT2D eigenvalue weighted by molar-refractivity contribution is 8.25. The molecule has 0 radical (unpaired) electrons. The molecule has 24 heavy (non-hydrogen) atoms. The van der Waals surface area contributed by atoms with E-state index >= 15 is 0 Å². The molecule has 0 unspecified atom stereocenters. The van der Waals surface area contributed by atoms with Gasteiger partial charge in [0.1, 0.15) is 0 Å². The van der Waals surface area contributed by atoms with Gasteiger partial charge in [-0.05, 0) is 42.2 Å². The minimum Gasteiger partial charge on any atom is -0.288 e. The molecule has 4 heteroatoms. The summed E-state index contributed by atoms with van der Waals surface area (Å²) in [6.07, 6.45) is 0. The molecule has 0 N–H and O–H groups in total. The Morgan fingerprint density at radius 3 is 2.29 bits per heavy atom. The number of allylic oxidation sites excluding steroid dienone is 1. The zero-order valence-electron chi connectivity index (χ0n) is 14.1. The van der Waals surface area contributed by atoms with Crippen LogP contribution in [0.4, 0.5) is 0 Å². The van der Waals surface area contributed by atoms with Gasteiger partial charge in [0, 0.05) is 20.2 Å². The summed E-state index contributed by atoms with van der Waals surface area (Å²) in [5.74, 6) is 0.178. The first-order chi connectivity index (χ1) is 11.3. The second-order valence-electron chi connectivity index (χ2n) is 7.16. The monoisotopic (exact) mass is 370 g/mol. The summed E-state index contributed by atoms with van der Waals surface area (Å²) in [6, 6.07) is 12.8. The second-order valence-corrected chi connectivity index (χ2v) is 10.6. The standard InChI is InChI=1S/C20H18OS3/c1-11-5-7-14-13(9-11)17(21)18(22-14)19-23-15-8-6-12(20(2,3)4)10-16(15)24-19/h5-10H,1-4H3. The van der Waals surface area contributed by atoms with Crippen molar-refractivity contribution < 1.29 is 4.79 Å². The van der Waals surface area contributed by atoms with E-state index in [0.717, 1.165) is 25.2 Å². The Hall–Kier alpha value is -1.10. The molecule has 2 aliphatic heterocycles. The van der Waals surface area contributed by atoms with E-state index in [1.165, 1.54) is 15.4 Å². The maximum absolute atomic E-state index is 12.8. The molecule has 0 aliphatic carbocycles. The number of hydrogen-bond donors (Lipinski definition) is 0. The van der Waals surface area contributed by atoms with Gasteiger partial charge in [-0.2, -0.15) is 0 Å². The molecule has 0 spiro atoms. The second kappa shape index (κ2) is 5.72. The van der Waals surface area contributed by atoms with E-state index in [0.29, 0.717) is 0 Å². The summed E-state index contributed by atoms with van der Waals surface area (Å²) >= 11 is 5.09. The smallest absolute Gasteiger partial charge is 0.202 e. The Bertz CT molecular complexity index is 904. The summed E-state index contributed by atoms with van der Waals surface area (Å²) in [5.41, 5.74) is 3.47. The molecular weight excluding hydrogens is 352 g/mol. The van der Waals surface area contributed by atoms with Gasteiger partial charge < -0.3 is 0 Å². The molecule has 0 amide bonds. The van der Waals surface area contributed by atoms with Gasteiger partial charge in [0.25, 0.3) is 0 Å². The van der Waals surface area contributed by atoms with E-state index in [4.69, 9.17) is 0 Å². The van der Waals surface area contributed by atoms with Gasteiger partial charge in [-0.1, -0.05) is 73.8 Å². The number of ketones is 1. The summed E-state index contributed by atoms with van der Waals surface area (Å²) in [4.78, 5) is 17.3. The van der Waals surface area contributed by atoms with Crippen LogP contribution in [-0.4, -0.2) is 5.78 Å². The maximum Gasteiger partial charge on any atom is 0.202 e. The van der Waals surface area contributed by atoms with Crippen LogP contribution >= 0.6 is 35.3 Å². The quantitative estimate of drug-likeness (QED) is 0.483. The van der Waals surface area contributed by atoms with Crippen LogP contribution in [0.1, 0.15) is 42.3 Å². The highest BCUT2D eigenvalue weighted by atomic mass is 32.2. The zero-order valence-corrected chi connectivity index (χ0v) is 16.5. The van der Waals surface area contributed by atoms with Crippen LogP contribution in [0.5, 0.6) is 0 Å². The number of hydrogen-bond acceptors (Lipinski definition) is 4. The van der Waals surface area contributed by atoms with Gasteiger partial charge in [-0.15, -0.1) is 0 Å². The average molecular weight is 371 g/mol. The van der Waals surface area contributed by atoms with Crippen LogP contribution in [0.3, 0.4) is 0 Å². The van der Waals surface area contributed by atoms with E-state index in [9.17, 15) is 4.79 Å². The number of benzene rings is 2. The molecule has 2 aromatic carbocycles. The van der Waals surface area contributed by atoms with E-state index in [-0.39, 0.29) is 11.2 Å². The van der Waals surface area contributed by atoms with E-state index in [2.05, 4.69) is 51.1 Å². The molecule has 2 aliphatic rings. The average Bonchev–Trinajstić information content (AvgIpc) is 3.07. The molecular formula is C20H18OS3. The van der Waals surface area contributed by atoms with Crippen LogP contribution in [0.15, 0.2) is 60.2 Å². The summed E-state index contributed by atoms with van der Waals surface area (Å²) in [7, 11) is 0. The summed E-state index contributed by atoms with van der Waals surface area (Å²) in [6.45, 7) is 8.73. The fourth-order valence-corrected chi connectivity index (χ4v) is 6.55. The molecule has 4 rings (SSSR count). The Balaban J connectivity index is 1.70. The van der Waals surface area contributed by atoms with Gasteiger partial charge in [0.05, 0.1) is 9.14 Å². The zero-order chi connectivity index (χ0) is 17.1. The predicted octanol–water partition coefficient (Wildman–Crippen LogP) is 6.65. The molecule has 2 aromatic rings. The van der Waals surface area contributed by atoms with Crippen molar-refractivity contribution in [1.29, 1.82) is 0 Å². The number of carbonyl (C=O) groups excluding carboxylic acids is 1. The fraction of sp³-hybridized carbons (Fsp3) is 0.250. The minimum atomic E-state index is 0.141. The van der Waals surface area contributed by atoms with Crippen LogP contribution in [0.25, 0.3) is 0 Å². The van der Waals surface area contributed by atoms with Crippen LogP contribution < -0.4 is 0 Å². The highest BCUT2D eigenvalue weighted by Crippen LogP contribution is 2.57. The molecule has 2 heterocycles. The topological polar surface area (TPSA) is 17.1 Å². The molecule has 122 valence electrons. The lowest BCUT2D eigenvalue weighted by atomic mass is 9.87. The molecule has 1 nitrogen and oxygen atoms in total. The molecule has 0 aromatic heterocycles. The van der Waals surface area contributed by atoms with E-state index in [1.54, 1.807) is 35.3 Å². The third-order valence-corrected chi connectivity index (χ3v) is 8.17. The Labute approximate surface area is 155 Å². The van der Waals surface area contributed by atoms with Crippen molar-refractivity contribution in [1.82, 2.24) is 0 Å². The van der Waals surface area contributed by atoms with Gasteiger partial charge in [0.15, 0.2) is 0 Å². The van der Waals surface area contributed by atoms with Crippen molar-refractivity contribution in [3.8, 4) is 0 Å².